The lowest BCUT2D eigenvalue weighted by Crippen LogP contribution is -2.12. The van der Waals surface area contributed by atoms with E-state index in [-0.39, 0.29) is 11.0 Å². The maximum Gasteiger partial charge on any atom is 0.292 e. The molecule has 0 bridgehead atoms. The molecule has 0 atom stereocenters. The van der Waals surface area contributed by atoms with Gasteiger partial charge in [-0.05, 0) is 18.2 Å². The molecule has 0 saturated heterocycles. The summed E-state index contributed by atoms with van der Waals surface area (Å²) in [5.41, 5.74) is 1.30. The number of H-pyrrole nitrogens is 2. The second-order valence-corrected chi connectivity index (χ2v) is 6.15. The molecule has 6 heteroatoms. The van der Waals surface area contributed by atoms with E-state index in [0.717, 1.165) is 10.2 Å². The van der Waals surface area contributed by atoms with Crippen LogP contribution in [0.15, 0.2) is 43.8 Å². The summed E-state index contributed by atoms with van der Waals surface area (Å²) in [5, 5.41) is 13.6. The van der Waals surface area contributed by atoms with Crippen molar-refractivity contribution < 1.29 is 0 Å². The van der Waals surface area contributed by atoms with E-state index in [0.29, 0.717) is 11.4 Å². The third-order valence-corrected chi connectivity index (χ3v) is 3.07. The molecular formula is C13H15BrN4O. The largest absolute Gasteiger partial charge is 0.299 e. The number of nitrogens with zero attached hydrogens (tertiary/aromatic N) is 2. The topological polar surface area (TPSA) is 73.4 Å². The Labute approximate surface area is 119 Å². The molecule has 1 aromatic carbocycles. The summed E-state index contributed by atoms with van der Waals surface area (Å²) in [7, 11) is 0. The van der Waals surface area contributed by atoms with Crippen LogP contribution in [0, 0.1) is 0 Å². The van der Waals surface area contributed by atoms with Crippen molar-refractivity contribution in [3.63, 3.8) is 0 Å². The number of aromatic nitrogens is 2. The monoisotopic (exact) mass is 322 g/mol. The Balaban J connectivity index is 2.39. The normalized spacial score (nSPS) is 12.2. The van der Waals surface area contributed by atoms with Gasteiger partial charge in [0, 0.05) is 9.89 Å². The molecule has 0 aliphatic heterocycles. The van der Waals surface area contributed by atoms with E-state index < -0.39 is 0 Å². The van der Waals surface area contributed by atoms with Gasteiger partial charge in [0.25, 0.3) is 5.56 Å². The molecule has 0 saturated carbocycles. The van der Waals surface area contributed by atoms with Gasteiger partial charge >= 0.3 is 0 Å². The Kier molecular flexibility index (Phi) is 3.71. The van der Waals surface area contributed by atoms with Gasteiger partial charge in [-0.25, -0.2) is 0 Å². The second kappa shape index (κ2) is 5.13. The standard InChI is InChI=1S/C13H15BrN4O/c1-13(2,3)11-10(12(19)18-17-11)16-15-9-6-4-5-8(14)7-9/h4-7H,1-3H3,(H2,17,18,19). The van der Waals surface area contributed by atoms with Gasteiger partial charge in [0.05, 0.1) is 11.4 Å². The molecule has 0 amide bonds. The Morgan fingerprint density at radius 3 is 2.53 bits per heavy atom. The van der Waals surface area contributed by atoms with Gasteiger partial charge in [-0.1, -0.05) is 42.8 Å². The molecule has 0 radical (unpaired) electrons. The van der Waals surface area contributed by atoms with Crippen LogP contribution in [0.2, 0.25) is 0 Å². The van der Waals surface area contributed by atoms with Crippen LogP contribution >= 0.6 is 15.9 Å². The average Bonchev–Trinajstić information content (AvgIpc) is 2.68. The van der Waals surface area contributed by atoms with E-state index in [1.165, 1.54) is 0 Å². The first kappa shape index (κ1) is 13.7. The van der Waals surface area contributed by atoms with Crippen LogP contribution in [0.5, 0.6) is 0 Å². The lowest BCUT2D eigenvalue weighted by atomic mass is 9.91. The Bertz CT molecular complexity index is 664. The zero-order valence-electron chi connectivity index (χ0n) is 11.0. The fraction of sp³-hybridized carbons (Fsp3) is 0.308. The van der Waals surface area contributed by atoms with E-state index >= 15 is 0 Å². The summed E-state index contributed by atoms with van der Waals surface area (Å²) in [6, 6.07) is 7.43. The highest BCUT2D eigenvalue weighted by molar-refractivity contribution is 9.10. The van der Waals surface area contributed by atoms with E-state index in [1.54, 1.807) is 0 Å². The number of halogens is 1. The fourth-order valence-electron chi connectivity index (χ4n) is 1.64. The van der Waals surface area contributed by atoms with E-state index in [1.807, 2.05) is 45.0 Å². The molecule has 2 N–H and O–H groups in total. The molecule has 1 aromatic heterocycles. The van der Waals surface area contributed by atoms with Crippen LogP contribution in [-0.2, 0) is 5.41 Å². The van der Waals surface area contributed by atoms with Crippen LogP contribution in [0.4, 0.5) is 11.4 Å². The molecule has 0 spiro atoms. The summed E-state index contributed by atoms with van der Waals surface area (Å²) >= 11 is 3.37. The summed E-state index contributed by atoms with van der Waals surface area (Å²) in [5.74, 6) is 0. The molecule has 0 aliphatic rings. The maximum atomic E-state index is 11.7. The first-order chi connectivity index (χ1) is 8.88. The number of aromatic amines is 2. The smallest absolute Gasteiger partial charge is 0.292 e. The predicted molar refractivity (Wildman–Crippen MR) is 78.4 cm³/mol. The summed E-state index contributed by atoms with van der Waals surface area (Å²) < 4.78 is 0.919. The van der Waals surface area contributed by atoms with E-state index in [9.17, 15) is 4.79 Å². The zero-order chi connectivity index (χ0) is 14.0. The molecule has 100 valence electrons. The van der Waals surface area contributed by atoms with Crippen molar-refractivity contribution in [2.75, 3.05) is 0 Å². The number of rotatable bonds is 2. The van der Waals surface area contributed by atoms with Crippen molar-refractivity contribution in [1.82, 2.24) is 10.2 Å². The number of hydrogen-bond acceptors (Lipinski definition) is 3. The van der Waals surface area contributed by atoms with Crippen molar-refractivity contribution in [2.45, 2.75) is 26.2 Å². The predicted octanol–water partition coefficient (Wildman–Crippen LogP) is 4.18. The highest BCUT2D eigenvalue weighted by atomic mass is 79.9. The Hall–Kier alpha value is -1.69. The molecule has 1 heterocycles. The molecular weight excluding hydrogens is 308 g/mol. The van der Waals surface area contributed by atoms with Crippen LogP contribution in [0.3, 0.4) is 0 Å². The quantitative estimate of drug-likeness (QED) is 0.800. The lowest BCUT2D eigenvalue weighted by Gasteiger charge is -2.15. The summed E-state index contributed by atoms with van der Waals surface area (Å²) in [6.07, 6.45) is 0. The SMILES string of the molecule is CC(C)(C)c1[nH][nH]c(=O)c1N=Nc1cccc(Br)c1. The minimum absolute atomic E-state index is 0.204. The summed E-state index contributed by atoms with van der Waals surface area (Å²) in [4.78, 5) is 11.7. The van der Waals surface area contributed by atoms with E-state index in [2.05, 4.69) is 36.4 Å². The van der Waals surface area contributed by atoms with Crippen LogP contribution < -0.4 is 5.56 Å². The van der Waals surface area contributed by atoms with Crippen LogP contribution in [0.1, 0.15) is 26.5 Å². The molecule has 19 heavy (non-hydrogen) atoms. The van der Waals surface area contributed by atoms with Gasteiger partial charge in [0.15, 0.2) is 5.69 Å². The van der Waals surface area contributed by atoms with E-state index in [4.69, 9.17) is 0 Å². The second-order valence-electron chi connectivity index (χ2n) is 5.23. The Morgan fingerprint density at radius 1 is 1.16 bits per heavy atom. The lowest BCUT2D eigenvalue weighted by molar-refractivity contribution is 0.567. The van der Waals surface area contributed by atoms with Gasteiger partial charge in [-0.3, -0.25) is 15.0 Å². The van der Waals surface area contributed by atoms with Crippen molar-refractivity contribution >= 4 is 27.3 Å². The van der Waals surface area contributed by atoms with Crippen LogP contribution in [-0.4, -0.2) is 10.2 Å². The minimum Gasteiger partial charge on any atom is -0.299 e. The third-order valence-electron chi connectivity index (χ3n) is 2.58. The number of benzene rings is 1. The fourth-order valence-corrected chi connectivity index (χ4v) is 2.02. The zero-order valence-corrected chi connectivity index (χ0v) is 12.6. The number of hydrogen-bond donors (Lipinski definition) is 2. The van der Waals surface area contributed by atoms with Gasteiger partial charge in [0.2, 0.25) is 0 Å². The van der Waals surface area contributed by atoms with Gasteiger partial charge in [0.1, 0.15) is 0 Å². The molecule has 2 rings (SSSR count). The van der Waals surface area contributed by atoms with Gasteiger partial charge in [-0.15, -0.1) is 5.11 Å². The molecule has 0 unspecified atom stereocenters. The first-order valence-corrected chi connectivity index (χ1v) is 6.65. The molecule has 0 fully saturated rings. The van der Waals surface area contributed by atoms with Crippen molar-refractivity contribution in [1.29, 1.82) is 0 Å². The molecule has 5 nitrogen and oxygen atoms in total. The third kappa shape index (κ3) is 3.20. The summed E-state index contributed by atoms with van der Waals surface area (Å²) in [6.45, 7) is 6.01. The first-order valence-electron chi connectivity index (χ1n) is 5.86. The van der Waals surface area contributed by atoms with Crippen molar-refractivity contribution in [3.8, 4) is 0 Å². The molecule has 0 aliphatic carbocycles. The van der Waals surface area contributed by atoms with Gasteiger partial charge in [-0.2, -0.15) is 5.11 Å². The highest BCUT2D eigenvalue weighted by Gasteiger charge is 2.22. The minimum atomic E-state index is -0.260. The highest BCUT2D eigenvalue weighted by Crippen LogP contribution is 2.28. The maximum absolute atomic E-state index is 11.7. The average molecular weight is 323 g/mol. The molecule has 2 aromatic rings. The van der Waals surface area contributed by atoms with Crippen LogP contribution in [0.25, 0.3) is 0 Å². The van der Waals surface area contributed by atoms with Crippen molar-refractivity contribution in [2.24, 2.45) is 10.2 Å². The van der Waals surface area contributed by atoms with Gasteiger partial charge < -0.3 is 0 Å². The van der Waals surface area contributed by atoms with Crippen molar-refractivity contribution in [3.05, 3.63) is 44.8 Å². The number of nitrogens with one attached hydrogen (secondary N) is 2. The number of azo groups is 1. The Morgan fingerprint density at radius 2 is 1.89 bits per heavy atom.